The Balaban J connectivity index is 1.60. The first-order valence-corrected chi connectivity index (χ1v) is 8.96. The number of hydrogen-bond acceptors (Lipinski definition) is 4. The predicted octanol–water partition coefficient (Wildman–Crippen LogP) is 3.46. The second kappa shape index (κ2) is 7.52. The number of nitrogens with one attached hydrogen (secondary N) is 2. The van der Waals surface area contributed by atoms with Gasteiger partial charge in [0.1, 0.15) is 18.2 Å². The molecule has 140 valence electrons. The van der Waals surface area contributed by atoms with Crippen LogP contribution in [0.2, 0.25) is 0 Å². The molecule has 6 heteroatoms. The molecule has 0 unspecified atom stereocenters. The number of hydrogen-bond donors (Lipinski definition) is 2. The van der Waals surface area contributed by atoms with Crippen LogP contribution in [0.5, 0.6) is 5.75 Å². The van der Waals surface area contributed by atoms with Crippen LogP contribution in [-0.2, 0) is 13.2 Å². The van der Waals surface area contributed by atoms with Crippen molar-refractivity contribution in [3.8, 4) is 5.75 Å². The van der Waals surface area contributed by atoms with Crippen molar-refractivity contribution in [2.45, 2.75) is 20.1 Å². The van der Waals surface area contributed by atoms with Crippen LogP contribution >= 0.6 is 0 Å². The Bertz CT molecular complexity index is 1030. The van der Waals surface area contributed by atoms with Crippen molar-refractivity contribution >= 4 is 17.6 Å². The minimum absolute atomic E-state index is 0.206. The summed E-state index contributed by atoms with van der Waals surface area (Å²) >= 11 is 0. The second-order valence-electron chi connectivity index (χ2n) is 6.63. The topological polar surface area (TPSA) is 80.3 Å². The van der Waals surface area contributed by atoms with E-state index in [4.69, 9.17) is 4.74 Å². The highest BCUT2D eigenvalue weighted by atomic mass is 16.5. The maximum absolute atomic E-state index is 12.7. The summed E-state index contributed by atoms with van der Waals surface area (Å²) in [5, 5.41) is 5.54. The molecule has 0 atom stereocenters. The largest absolute Gasteiger partial charge is 0.489 e. The smallest absolute Gasteiger partial charge is 0.256 e. The van der Waals surface area contributed by atoms with Crippen LogP contribution in [0.4, 0.5) is 5.82 Å². The van der Waals surface area contributed by atoms with Gasteiger partial charge in [-0.1, -0.05) is 36.4 Å². The van der Waals surface area contributed by atoms with Crippen LogP contribution in [0.25, 0.3) is 0 Å². The van der Waals surface area contributed by atoms with E-state index in [-0.39, 0.29) is 11.8 Å². The number of nitrogens with zero attached hydrogens (tertiary/aromatic N) is 1. The van der Waals surface area contributed by atoms with Gasteiger partial charge >= 0.3 is 0 Å². The lowest BCUT2D eigenvalue weighted by atomic mass is 10.0. The Morgan fingerprint density at radius 1 is 1.18 bits per heavy atom. The highest BCUT2D eigenvalue weighted by Gasteiger charge is 2.25. The monoisotopic (exact) mass is 373 g/mol. The average Bonchev–Trinajstić information content (AvgIpc) is 3.09. The summed E-state index contributed by atoms with van der Waals surface area (Å²) in [7, 11) is 0. The minimum atomic E-state index is -0.344. The molecule has 2 N–H and O–H groups in total. The summed E-state index contributed by atoms with van der Waals surface area (Å²) in [5.41, 5.74) is 3.59. The highest BCUT2D eigenvalue weighted by Crippen LogP contribution is 2.29. The molecule has 28 heavy (non-hydrogen) atoms. The zero-order valence-corrected chi connectivity index (χ0v) is 15.4. The summed E-state index contributed by atoms with van der Waals surface area (Å²) in [6.07, 6.45) is 1.68. The van der Waals surface area contributed by atoms with E-state index >= 15 is 0 Å². The molecule has 0 saturated heterocycles. The molecular weight excluding hydrogens is 354 g/mol. The summed E-state index contributed by atoms with van der Waals surface area (Å²) in [4.78, 5) is 29.0. The Kier molecular flexibility index (Phi) is 4.76. The fourth-order valence-electron chi connectivity index (χ4n) is 3.02. The molecule has 3 aromatic rings. The standard InChI is InChI=1S/C22H19N3O3/c1-14-7-8-20(23-11-14)25-21(26)16-9-17-18(12-24-22(17)27)19(10-16)28-13-15-5-3-2-4-6-15/h2-11H,12-13H2,1H3,(H,24,27)(H,23,25,26). The third kappa shape index (κ3) is 3.71. The number of aromatic nitrogens is 1. The van der Waals surface area contributed by atoms with E-state index in [1.807, 2.05) is 43.3 Å². The molecule has 0 bridgehead atoms. The lowest BCUT2D eigenvalue weighted by Gasteiger charge is -2.12. The molecule has 0 radical (unpaired) electrons. The van der Waals surface area contributed by atoms with Crippen molar-refractivity contribution in [3.63, 3.8) is 0 Å². The first-order chi connectivity index (χ1) is 13.6. The third-order valence-electron chi connectivity index (χ3n) is 4.53. The predicted molar refractivity (Wildman–Crippen MR) is 105 cm³/mol. The van der Waals surface area contributed by atoms with Crippen LogP contribution in [0.3, 0.4) is 0 Å². The van der Waals surface area contributed by atoms with Gasteiger partial charge in [-0.3, -0.25) is 9.59 Å². The summed E-state index contributed by atoms with van der Waals surface area (Å²) < 4.78 is 5.95. The fraction of sp³-hybridized carbons (Fsp3) is 0.136. The van der Waals surface area contributed by atoms with E-state index in [2.05, 4.69) is 15.6 Å². The summed E-state index contributed by atoms with van der Waals surface area (Å²) in [6, 6.07) is 16.6. The molecule has 2 heterocycles. The van der Waals surface area contributed by atoms with Crippen molar-refractivity contribution in [3.05, 3.63) is 88.6 Å². The molecule has 0 aliphatic carbocycles. The van der Waals surface area contributed by atoms with Gasteiger partial charge in [-0.25, -0.2) is 4.98 Å². The Hall–Kier alpha value is -3.67. The van der Waals surface area contributed by atoms with Crippen LogP contribution in [0.1, 0.15) is 37.4 Å². The number of fused-ring (bicyclic) bond motifs is 1. The van der Waals surface area contributed by atoms with E-state index in [9.17, 15) is 9.59 Å². The van der Waals surface area contributed by atoms with E-state index in [0.717, 1.165) is 16.7 Å². The van der Waals surface area contributed by atoms with Gasteiger partial charge in [-0.2, -0.15) is 0 Å². The zero-order chi connectivity index (χ0) is 19.5. The summed E-state index contributed by atoms with van der Waals surface area (Å²) in [5.74, 6) is 0.431. The Morgan fingerprint density at radius 2 is 2.00 bits per heavy atom. The van der Waals surface area contributed by atoms with Crippen LogP contribution in [-0.4, -0.2) is 16.8 Å². The van der Waals surface area contributed by atoms with E-state index in [0.29, 0.717) is 35.8 Å². The van der Waals surface area contributed by atoms with Gasteiger partial charge in [0.25, 0.3) is 11.8 Å². The van der Waals surface area contributed by atoms with Gasteiger partial charge in [0, 0.05) is 29.4 Å². The second-order valence-corrected chi connectivity index (χ2v) is 6.63. The van der Waals surface area contributed by atoms with E-state index in [1.165, 1.54) is 0 Å². The van der Waals surface area contributed by atoms with E-state index < -0.39 is 0 Å². The molecule has 0 spiro atoms. The number of ether oxygens (including phenoxy) is 1. The van der Waals surface area contributed by atoms with Gasteiger partial charge in [-0.15, -0.1) is 0 Å². The van der Waals surface area contributed by atoms with Crippen molar-refractivity contribution in [1.29, 1.82) is 0 Å². The number of rotatable bonds is 5. The lowest BCUT2D eigenvalue weighted by Crippen LogP contribution is -2.15. The van der Waals surface area contributed by atoms with Crippen molar-refractivity contribution < 1.29 is 14.3 Å². The van der Waals surface area contributed by atoms with Crippen LogP contribution in [0.15, 0.2) is 60.8 Å². The average molecular weight is 373 g/mol. The fourth-order valence-corrected chi connectivity index (χ4v) is 3.02. The third-order valence-corrected chi connectivity index (χ3v) is 4.53. The molecule has 6 nitrogen and oxygen atoms in total. The maximum atomic E-state index is 12.7. The molecule has 4 rings (SSSR count). The molecular formula is C22H19N3O3. The number of benzene rings is 2. The maximum Gasteiger partial charge on any atom is 0.256 e. The lowest BCUT2D eigenvalue weighted by molar-refractivity contribution is 0.0965. The first-order valence-electron chi connectivity index (χ1n) is 8.96. The quantitative estimate of drug-likeness (QED) is 0.718. The van der Waals surface area contributed by atoms with Gasteiger partial charge in [0.2, 0.25) is 0 Å². The molecule has 1 aliphatic heterocycles. The molecule has 1 aliphatic rings. The number of carbonyl (C=O) groups excluding carboxylic acids is 2. The van der Waals surface area contributed by atoms with Crippen LogP contribution in [0, 0.1) is 6.92 Å². The number of pyridine rings is 1. The summed E-state index contributed by atoms with van der Waals surface area (Å²) in [6.45, 7) is 2.67. The van der Waals surface area contributed by atoms with Gasteiger partial charge in [-0.05, 0) is 36.2 Å². The first kappa shape index (κ1) is 17.7. The zero-order valence-electron chi connectivity index (χ0n) is 15.4. The van der Waals surface area contributed by atoms with Crippen molar-refractivity contribution in [1.82, 2.24) is 10.3 Å². The number of carbonyl (C=O) groups is 2. The van der Waals surface area contributed by atoms with Crippen molar-refractivity contribution in [2.24, 2.45) is 0 Å². The minimum Gasteiger partial charge on any atom is -0.489 e. The normalized spacial score (nSPS) is 12.2. The molecule has 0 fully saturated rings. The van der Waals surface area contributed by atoms with Crippen LogP contribution < -0.4 is 15.4 Å². The SMILES string of the molecule is Cc1ccc(NC(=O)c2cc(OCc3ccccc3)c3c(c2)C(=O)NC3)nc1. The number of anilines is 1. The van der Waals surface area contributed by atoms with Gasteiger partial charge in [0.05, 0.1) is 0 Å². The van der Waals surface area contributed by atoms with Gasteiger partial charge in [0.15, 0.2) is 0 Å². The Labute approximate surface area is 162 Å². The number of amides is 2. The molecule has 2 aromatic carbocycles. The molecule has 1 aromatic heterocycles. The van der Waals surface area contributed by atoms with E-state index in [1.54, 1.807) is 24.4 Å². The highest BCUT2D eigenvalue weighted by molar-refractivity contribution is 6.07. The Morgan fingerprint density at radius 3 is 2.75 bits per heavy atom. The molecule has 2 amide bonds. The van der Waals surface area contributed by atoms with Crippen molar-refractivity contribution in [2.75, 3.05) is 5.32 Å². The number of aryl methyl sites for hydroxylation is 1. The van der Waals surface area contributed by atoms with Gasteiger partial charge < -0.3 is 15.4 Å². The molecule has 0 saturated carbocycles.